The van der Waals surface area contributed by atoms with E-state index in [0.29, 0.717) is 6.42 Å². The minimum Gasteiger partial charge on any atom is -0.478 e. The van der Waals surface area contributed by atoms with Gasteiger partial charge in [0.25, 0.3) is 11.6 Å². The Balaban J connectivity index is 3.68. The molecule has 27 heavy (non-hydrogen) atoms. The SMILES string of the molecule is CCC(=O)N(C(=O)c1c(C(=O)O)cccc1[N+](=O)[O-])C(C)(C)CC(C)(C)C. The maximum absolute atomic E-state index is 13.3. The van der Waals surface area contributed by atoms with Gasteiger partial charge in [-0.25, -0.2) is 4.79 Å². The molecule has 0 saturated carbocycles. The van der Waals surface area contributed by atoms with E-state index < -0.39 is 45.1 Å². The fourth-order valence-corrected chi connectivity index (χ4v) is 3.47. The number of hydrogen-bond donors (Lipinski definition) is 1. The van der Waals surface area contributed by atoms with Gasteiger partial charge < -0.3 is 5.11 Å². The number of amides is 2. The standard InChI is InChI=1S/C19H26N2O6/c1-7-14(22)20(19(5,6)11-18(2,3)4)16(23)15-12(17(24)25)9-8-10-13(15)21(26)27/h8-10H,7,11H2,1-6H3,(H,24,25). The Kier molecular flexibility index (Phi) is 6.48. The summed E-state index contributed by atoms with van der Waals surface area (Å²) in [5, 5.41) is 20.8. The zero-order valence-electron chi connectivity index (χ0n) is 16.5. The Hall–Kier alpha value is -2.77. The van der Waals surface area contributed by atoms with Crippen molar-refractivity contribution in [3.05, 3.63) is 39.4 Å². The highest BCUT2D eigenvalue weighted by Crippen LogP contribution is 2.34. The number of hydrogen-bond acceptors (Lipinski definition) is 5. The normalized spacial score (nSPS) is 11.8. The van der Waals surface area contributed by atoms with Crippen LogP contribution < -0.4 is 0 Å². The highest BCUT2D eigenvalue weighted by Gasteiger charge is 2.41. The van der Waals surface area contributed by atoms with Gasteiger partial charge in [0.15, 0.2) is 0 Å². The molecule has 0 atom stereocenters. The summed E-state index contributed by atoms with van der Waals surface area (Å²) in [6, 6.07) is 3.38. The molecule has 8 nitrogen and oxygen atoms in total. The zero-order valence-corrected chi connectivity index (χ0v) is 16.5. The third-order valence-corrected chi connectivity index (χ3v) is 4.01. The predicted octanol–water partition coefficient (Wildman–Crippen LogP) is 3.89. The molecule has 0 aliphatic carbocycles. The van der Waals surface area contributed by atoms with E-state index in [1.165, 1.54) is 6.07 Å². The molecule has 0 bridgehead atoms. The Morgan fingerprint density at radius 3 is 2.11 bits per heavy atom. The van der Waals surface area contributed by atoms with Crippen molar-refractivity contribution in [3.63, 3.8) is 0 Å². The number of rotatable bonds is 6. The predicted molar refractivity (Wildman–Crippen MR) is 99.7 cm³/mol. The van der Waals surface area contributed by atoms with Crippen LogP contribution in [0.5, 0.6) is 0 Å². The first kappa shape index (κ1) is 22.3. The second kappa shape index (κ2) is 7.85. The van der Waals surface area contributed by atoms with Gasteiger partial charge in [0, 0.05) is 18.0 Å². The zero-order chi connectivity index (χ0) is 21.2. The highest BCUT2D eigenvalue weighted by molar-refractivity contribution is 6.13. The Morgan fingerprint density at radius 1 is 1.15 bits per heavy atom. The average molecular weight is 378 g/mol. The van der Waals surface area contributed by atoms with Crippen molar-refractivity contribution < 1.29 is 24.4 Å². The van der Waals surface area contributed by atoms with E-state index in [1.807, 2.05) is 20.8 Å². The monoisotopic (exact) mass is 378 g/mol. The average Bonchev–Trinajstić information content (AvgIpc) is 2.50. The van der Waals surface area contributed by atoms with Crippen molar-refractivity contribution in [2.75, 3.05) is 0 Å². The van der Waals surface area contributed by atoms with Gasteiger partial charge in [0.1, 0.15) is 5.56 Å². The molecule has 1 rings (SSSR count). The minimum atomic E-state index is -1.47. The molecule has 0 spiro atoms. The van der Waals surface area contributed by atoms with Crippen LogP contribution in [0.1, 0.15) is 75.1 Å². The van der Waals surface area contributed by atoms with Crippen LogP contribution in [0, 0.1) is 15.5 Å². The molecule has 0 aliphatic heterocycles. The van der Waals surface area contributed by atoms with Gasteiger partial charge in [0.05, 0.1) is 10.5 Å². The topological polar surface area (TPSA) is 118 Å². The Morgan fingerprint density at radius 2 is 1.70 bits per heavy atom. The molecule has 0 radical (unpaired) electrons. The van der Waals surface area contributed by atoms with Gasteiger partial charge in [-0.3, -0.25) is 24.6 Å². The van der Waals surface area contributed by atoms with Crippen molar-refractivity contribution in [1.82, 2.24) is 4.90 Å². The quantitative estimate of drug-likeness (QED) is 0.593. The molecule has 0 saturated heterocycles. The number of nitrogens with zero attached hydrogens (tertiary/aromatic N) is 2. The van der Waals surface area contributed by atoms with Crippen LogP contribution in [0.15, 0.2) is 18.2 Å². The maximum atomic E-state index is 13.3. The van der Waals surface area contributed by atoms with E-state index in [9.17, 15) is 29.6 Å². The second-order valence-corrected chi connectivity index (χ2v) is 8.20. The third kappa shape index (κ3) is 5.12. The maximum Gasteiger partial charge on any atom is 0.336 e. The molecule has 1 aromatic rings. The van der Waals surface area contributed by atoms with E-state index >= 15 is 0 Å². The van der Waals surface area contributed by atoms with Gasteiger partial charge in [-0.05, 0) is 31.7 Å². The smallest absolute Gasteiger partial charge is 0.336 e. The third-order valence-electron chi connectivity index (χ3n) is 4.01. The summed E-state index contributed by atoms with van der Waals surface area (Å²) >= 11 is 0. The van der Waals surface area contributed by atoms with E-state index in [2.05, 4.69) is 0 Å². The van der Waals surface area contributed by atoms with Crippen LogP contribution in [0.4, 0.5) is 5.69 Å². The largest absolute Gasteiger partial charge is 0.478 e. The van der Waals surface area contributed by atoms with E-state index in [1.54, 1.807) is 20.8 Å². The van der Waals surface area contributed by atoms with Crippen molar-refractivity contribution >= 4 is 23.5 Å². The molecule has 8 heteroatoms. The highest BCUT2D eigenvalue weighted by atomic mass is 16.6. The summed E-state index contributed by atoms with van der Waals surface area (Å²) in [7, 11) is 0. The summed E-state index contributed by atoms with van der Waals surface area (Å²) < 4.78 is 0. The number of carboxylic acid groups (broad SMARTS) is 1. The fraction of sp³-hybridized carbons (Fsp3) is 0.526. The molecule has 1 aromatic carbocycles. The first-order chi connectivity index (χ1) is 12.2. The number of carbonyl (C=O) groups is 3. The van der Waals surface area contributed by atoms with E-state index in [4.69, 9.17) is 0 Å². The Bertz CT molecular complexity index is 745. The van der Waals surface area contributed by atoms with E-state index in [-0.39, 0.29) is 11.8 Å². The van der Waals surface area contributed by atoms with Crippen molar-refractivity contribution in [2.45, 2.75) is 59.9 Å². The van der Waals surface area contributed by atoms with Crippen molar-refractivity contribution in [3.8, 4) is 0 Å². The molecular formula is C19H26N2O6. The molecule has 1 N–H and O–H groups in total. The number of aromatic carboxylic acids is 1. The molecular weight excluding hydrogens is 352 g/mol. The van der Waals surface area contributed by atoms with Crippen LogP contribution in [0.2, 0.25) is 0 Å². The molecule has 0 aromatic heterocycles. The molecule has 148 valence electrons. The number of nitro benzene ring substituents is 1. The number of benzene rings is 1. The first-order valence-corrected chi connectivity index (χ1v) is 8.61. The van der Waals surface area contributed by atoms with Gasteiger partial charge in [0.2, 0.25) is 5.91 Å². The number of carbonyl (C=O) groups excluding carboxylic acids is 2. The summed E-state index contributed by atoms with van der Waals surface area (Å²) in [4.78, 5) is 49.0. The van der Waals surface area contributed by atoms with E-state index in [0.717, 1.165) is 17.0 Å². The molecule has 0 aliphatic rings. The van der Waals surface area contributed by atoms with Crippen molar-refractivity contribution in [2.24, 2.45) is 5.41 Å². The molecule has 0 fully saturated rings. The lowest BCUT2D eigenvalue weighted by Crippen LogP contribution is -2.53. The summed E-state index contributed by atoms with van der Waals surface area (Å²) in [6.07, 6.45) is 0.433. The number of nitro groups is 1. The van der Waals surface area contributed by atoms with Crippen LogP contribution >= 0.6 is 0 Å². The summed E-state index contributed by atoms with van der Waals surface area (Å²) in [5.74, 6) is -2.97. The van der Waals surface area contributed by atoms with Gasteiger partial charge in [-0.15, -0.1) is 0 Å². The Labute approximate surface area is 158 Å². The number of imide groups is 1. The summed E-state index contributed by atoms with van der Waals surface area (Å²) in [6.45, 7) is 10.8. The second-order valence-electron chi connectivity index (χ2n) is 8.20. The lowest BCUT2D eigenvalue weighted by Gasteiger charge is -2.41. The van der Waals surface area contributed by atoms with Crippen molar-refractivity contribution in [1.29, 1.82) is 0 Å². The van der Waals surface area contributed by atoms with Gasteiger partial charge in [-0.1, -0.05) is 33.8 Å². The molecule has 2 amide bonds. The minimum absolute atomic E-state index is 0.00233. The fourth-order valence-electron chi connectivity index (χ4n) is 3.47. The van der Waals surface area contributed by atoms with Gasteiger partial charge in [-0.2, -0.15) is 0 Å². The van der Waals surface area contributed by atoms with Crippen LogP contribution in [-0.4, -0.2) is 38.3 Å². The lowest BCUT2D eigenvalue weighted by atomic mass is 9.80. The lowest BCUT2D eigenvalue weighted by molar-refractivity contribution is -0.385. The van der Waals surface area contributed by atoms with Crippen LogP contribution in [0.3, 0.4) is 0 Å². The molecule has 0 heterocycles. The van der Waals surface area contributed by atoms with Crippen LogP contribution in [-0.2, 0) is 4.79 Å². The van der Waals surface area contributed by atoms with Gasteiger partial charge >= 0.3 is 5.97 Å². The molecule has 0 unspecified atom stereocenters. The summed E-state index contributed by atoms with van der Waals surface area (Å²) in [5.41, 5.74) is -2.94. The number of carboxylic acids is 1. The first-order valence-electron chi connectivity index (χ1n) is 8.61. The van der Waals surface area contributed by atoms with Crippen LogP contribution in [0.25, 0.3) is 0 Å².